The third-order valence-electron chi connectivity index (χ3n) is 2.06. The molecule has 1 atom stereocenters. The molecule has 16 heavy (non-hydrogen) atoms. The first-order chi connectivity index (χ1) is 7.75. The maximum Gasteiger partial charge on any atom is 0.222 e. The van der Waals surface area contributed by atoms with Crippen molar-refractivity contribution in [3.05, 3.63) is 34.8 Å². The van der Waals surface area contributed by atoms with E-state index in [1.165, 1.54) is 0 Å². The minimum atomic E-state index is -0.432. The number of thiazole rings is 1. The molecule has 1 unspecified atom stereocenters. The van der Waals surface area contributed by atoms with Crippen LogP contribution in [0, 0.1) is 5.82 Å². The number of nitrogens with zero attached hydrogens (tertiary/aromatic N) is 3. The molecule has 0 amide bonds. The fourth-order valence-electron chi connectivity index (χ4n) is 1.21. The Kier molecular flexibility index (Phi) is 3.40. The first-order valence-corrected chi connectivity index (χ1v) is 5.74. The van der Waals surface area contributed by atoms with Crippen molar-refractivity contribution in [2.24, 2.45) is 0 Å². The van der Waals surface area contributed by atoms with Gasteiger partial charge in [0, 0.05) is 24.0 Å². The van der Waals surface area contributed by atoms with Gasteiger partial charge in [0.2, 0.25) is 5.95 Å². The molecule has 0 radical (unpaired) electrons. The topological polar surface area (TPSA) is 50.7 Å². The molecule has 0 aliphatic carbocycles. The van der Waals surface area contributed by atoms with E-state index in [9.17, 15) is 4.39 Å². The standard InChI is InChI=1S/C10H11FN4S/c1-7(9-12-2-3-16-9)4-13-10-14-5-8(11)6-15-10/h2-3,5-7H,4H2,1H3,(H,13,14,15). The largest absolute Gasteiger partial charge is 0.354 e. The maximum atomic E-state index is 12.5. The third-order valence-corrected chi connectivity index (χ3v) is 3.07. The Hall–Kier alpha value is -1.56. The number of aromatic nitrogens is 3. The predicted molar refractivity (Wildman–Crippen MR) is 61.0 cm³/mol. The molecule has 0 aromatic carbocycles. The number of hydrogen-bond donors (Lipinski definition) is 1. The average Bonchev–Trinajstić information content (AvgIpc) is 2.81. The molecule has 2 heterocycles. The van der Waals surface area contributed by atoms with Crippen molar-refractivity contribution in [3.63, 3.8) is 0 Å². The average molecular weight is 238 g/mol. The fraction of sp³-hybridized carbons (Fsp3) is 0.300. The van der Waals surface area contributed by atoms with E-state index >= 15 is 0 Å². The van der Waals surface area contributed by atoms with Gasteiger partial charge in [-0.1, -0.05) is 6.92 Å². The number of nitrogens with one attached hydrogen (secondary N) is 1. The molecule has 0 aliphatic rings. The molecule has 0 fully saturated rings. The van der Waals surface area contributed by atoms with Gasteiger partial charge in [-0.2, -0.15) is 0 Å². The highest BCUT2D eigenvalue weighted by molar-refractivity contribution is 7.09. The summed E-state index contributed by atoms with van der Waals surface area (Å²) in [6, 6.07) is 0. The highest BCUT2D eigenvalue weighted by Gasteiger charge is 2.08. The molecule has 0 spiro atoms. The van der Waals surface area contributed by atoms with Crippen LogP contribution in [0.3, 0.4) is 0 Å². The van der Waals surface area contributed by atoms with Gasteiger partial charge in [-0.25, -0.2) is 19.3 Å². The highest BCUT2D eigenvalue weighted by Crippen LogP contribution is 2.17. The van der Waals surface area contributed by atoms with Gasteiger partial charge in [-0.05, 0) is 0 Å². The van der Waals surface area contributed by atoms with E-state index in [0.717, 1.165) is 17.4 Å². The van der Waals surface area contributed by atoms with E-state index in [1.54, 1.807) is 17.5 Å². The zero-order valence-electron chi connectivity index (χ0n) is 8.72. The van der Waals surface area contributed by atoms with Gasteiger partial charge in [-0.15, -0.1) is 11.3 Å². The van der Waals surface area contributed by atoms with Crippen LogP contribution < -0.4 is 5.32 Å². The Morgan fingerprint density at radius 3 is 2.75 bits per heavy atom. The zero-order valence-corrected chi connectivity index (χ0v) is 9.54. The van der Waals surface area contributed by atoms with Crippen LogP contribution >= 0.6 is 11.3 Å². The normalized spacial score (nSPS) is 12.4. The zero-order chi connectivity index (χ0) is 11.4. The second-order valence-electron chi connectivity index (χ2n) is 3.38. The van der Waals surface area contributed by atoms with E-state index in [4.69, 9.17) is 0 Å². The van der Waals surface area contributed by atoms with E-state index in [-0.39, 0.29) is 5.92 Å². The minimum Gasteiger partial charge on any atom is -0.354 e. The van der Waals surface area contributed by atoms with Crippen LogP contribution in [0.15, 0.2) is 24.0 Å². The first-order valence-electron chi connectivity index (χ1n) is 4.86. The quantitative estimate of drug-likeness (QED) is 0.887. The summed E-state index contributed by atoms with van der Waals surface area (Å²) in [7, 11) is 0. The molecule has 6 heteroatoms. The lowest BCUT2D eigenvalue weighted by Crippen LogP contribution is -2.11. The van der Waals surface area contributed by atoms with Gasteiger partial charge in [0.15, 0.2) is 5.82 Å². The summed E-state index contributed by atoms with van der Waals surface area (Å²) in [6.45, 7) is 2.74. The third kappa shape index (κ3) is 2.73. The van der Waals surface area contributed by atoms with Gasteiger partial charge in [-0.3, -0.25) is 0 Å². The van der Waals surface area contributed by atoms with Crippen LogP contribution in [0.25, 0.3) is 0 Å². The molecule has 2 aromatic heterocycles. The van der Waals surface area contributed by atoms with E-state index in [0.29, 0.717) is 12.5 Å². The van der Waals surface area contributed by atoms with Crippen molar-refractivity contribution >= 4 is 17.3 Å². The van der Waals surface area contributed by atoms with Crippen LogP contribution in [-0.4, -0.2) is 21.5 Å². The highest BCUT2D eigenvalue weighted by atomic mass is 32.1. The van der Waals surface area contributed by atoms with E-state index in [2.05, 4.69) is 27.2 Å². The predicted octanol–water partition coefficient (Wildman–Crippen LogP) is 2.29. The summed E-state index contributed by atoms with van der Waals surface area (Å²) in [5.41, 5.74) is 0. The van der Waals surface area contributed by atoms with Crippen LogP contribution in [0.5, 0.6) is 0 Å². The van der Waals surface area contributed by atoms with Gasteiger partial charge in [0.25, 0.3) is 0 Å². The second kappa shape index (κ2) is 4.98. The first kappa shape index (κ1) is 10.9. The molecule has 1 N–H and O–H groups in total. The molecule has 0 saturated carbocycles. The Morgan fingerprint density at radius 2 is 2.12 bits per heavy atom. The van der Waals surface area contributed by atoms with Crippen molar-refractivity contribution in [2.45, 2.75) is 12.8 Å². The molecule has 2 rings (SSSR count). The smallest absolute Gasteiger partial charge is 0.222 e. The Balaban J connectivity index is 1.90. The lowest BCUT2D eigenvalue weighted by Gasteiger charge is -2.09. The van der Waals surface area contributed by atoms with Crippen molar-refractivity contribution < 1.29 is 4.39 Å². The van der Waals surface area contributed by atoms with Crippen molar-refractivity contribution in [2.75, 3.05) is 11.9 Å². The molecular weight excluding hydrogens is 227 g/mol. The van der Waals surface area contributed by atoms with Crippen molar-refractivity contribution in [1.29, 1.82) is 0 Å². The van der Waals surface area contributed by atoms with Crippen LogP contribution in [-0.2, 0) is 0 Å². The Bertz CT molecular complexity index is 429. The summed E-state index contributed by atoms with van der Waals surface area (Å²) in [4.78, 5) is 11.9. The van der Waals surface area contributed by atoms with Crippen LogP contribution in [0.1, 0.15) is 17.8 Å². The molecule has 2 aromatic rings. The summed E-state index contributed by atoms with van der Waals surface area (Å²) in [5.74, 6) is 0.289. The minimum absolute atomic E-state index is 0.286. The number of anilines is 1. The number of halogens is 1. The summed E-state index contributed by atoms with van der Waals surface area (Å²) < 4.78 is 12.5. The van der Waals surface area contributed by atoms with Crippen molar-refractivity contribution in [1.82, 2.24) is 15.0 Å². The maximum absolute atomic E-state index is 12.5. The van der Waals surface area contributed by atoms with E-state index in [1.807, 2.05) is 5.38 Å². The molecular formula is C10H11FN4S. The van der Waals surface area contributed by atoms with Gasteiger partial charge in [0.1, 0.15) is 0 Å². The SMILES string of the molecule is CC(CNc1ncc(F)cn1)c1nccs1. The van der Waals surface area contributed by atoms with Crippen LogP contribution in [0.4, 0.5) is 10.3 Å². The Labute approximate surface area is 96.6 Å². The summed E-state index contributed by atoms with van der Waals surface area (Å²) >= 11 is 1.62. The van der Waals surface area contributed by atoms with Crippen molar-refractivity contribution in [3.8, 4) is 0 Å². The summed E-state index contributed by atoms with van der Waals surface area (Å²) in [5, 5.41) is 6.05. The van der Waals surface area contributed by atoms with Gasteiger partial charge in [0.05, 0.1) is 17.4 Å². The lowest BCUT2D eigenvalue weighted by atomic mass is 10.2. The van der Waals surface area contributed by atoms with Crippen LogP contribution in [0.2, 0.25) is 0 Å². The lowest BCUT2D eigenvalue weighted by molar-refractivity contribution is 0.613. The Morgan fingerprint density at radius 1 is 1.38 bits per heavy atom. The monoisotopic (exact) mass is 238 g/mol. The molecule has 4 nitrogen and oxygen atoms in total. The molecule has 0 aliphatic heterocycles. The fourth-order valence-corrected chi connectivity index (χ4v) is 1.91. The van der Waals surface area contributed by atoms with Gasteiger partial charge < -0.3 is 5.32 Å². The van der Waals surface area contributed by atoms with E-state index < -0.39 is 5.82 Å². The molecule has 0 bridgehead atoms. The van der Waals surface area contributed by atoms with Gasteiger partial charge >= 0.3 is 0 Å². The number of rotatable bonds is 4. The summed E-state index contributed by atoms with van der Waals surface area (Å²) in [6.07, 6.45) is 4.07. The molecule has 84 valence electrons. The number of hydrogen-bond acceptors (Lipinski definition) is 5. The second-order valence-corrected chi connectivity index (χ2v) is 4.30. The molecule has 0 saturated heterocycles.